The zero-order valence-electron chi connectivity index (χ0n) is 9.93. The average molecular weight is 256 g/mol. The van der Waals surface area contributed by atoms with Gasteiger partial charge in [-0.05, 0) is 30.7 Å². The largest absolute Gasteiger partial charge is 0.461 e. The van der Waals surface area contributed by atoms with E-state index in [1.165, 1.54) is 0 Å². The number of aromatic amines is 1. The van der Waals surface area contributed by atoms with Gasteiger partial charge in [-0.15, -0.1) is 0 Å². The van der Waals surface area contributed by atoms with Gasteiger partial charge in [-0.2, -0.15) is 5.10 Å². The molecule has 1 N–H and O–H groups in total. The van der Waals surface area contributed by atoms with E-state index in [4.69, 9.17) is 16.6 Å². The van der Waals surface area contributed by atoms with Crippen molar-refractivity contribution in [2.24, 2.45) is 0 Å². The minimum Gasteiger partial charge on any atom is -0.461 e. The molecule has 0 radical (unpaired) electrons. The van der Waals surface area contributed by atoms with E-state index in [0.717, 1.165) is 28.0 Å². The lowest BCUT2D eigenvalue weighted by Gasteiger charge is -2.01. The molecule has 0 saturated carbocycles. The third kappa shape index (κ3) is 2.07. The van der Waals surface area contributed by atoms with Crippen LogP contribution < -0.4 is 0 Å². The molecule has 3 aromatic rings. The molecule has 0 fully saturated rings. The summed E-state index contributed by atoms with van der Waals surface area (Å²) in [6, 6.07) is 12.0. The van der Waals surface area contributed by atoms with E-state index in [2.05, 4.69) is 16.3 Å². The number of hydrogen-bond acceptors (Lipinski definition) is 3. The number of aromatic nitrogens is 2. The molecule has 4 heteroatoms. The second kappa shape index (κ2) is 4.38. The third-order valence-corrected chi connectivity index (χ3v) is 3.15. The number of hydrogen-bond donors (Lipinski definition) is 1. The monoisotopic (exact) mass is 256 g/mol. The molecule has 1 aromatic carbocycles. The summed E-state index contributed by atoms with van der Waals surface area (Å²) in [5.74, 6) is 0.932. The Kier molecular flexibility index (Phi) is 2.72. The Labute approximate surface area is 109 Å². The van der Waals surface area contributed by atoms with Crippen LogP contribution >= 0.6 is 12.2 Å². The topological polar surface area (TPSA) is 41.8 Å². The van der Waals surface area contributed by atoms with Crippen molar-refractivity contribution in [1.82, 2.24) is 10.2 Å². The van der Waals surface area contributed by atoms with Crippen LogP contribution in [0, 0.1) is 11.6 Å². The molecular formula is C14H12N2OS. The minimum absolute atomic E-state index is 0.645. The van der Waals surface area contributed by atoms with E-state index in [9.17, 15) is 0 Å². The average Bonchev–Trinajstić information content (AvgIpc) is 2.76. The molecule has 2 aromatic heterocycles. The number of furan rings is 1. The van der Waals surface area contributed by atoms with Gasteiger partial charge in [-0.3, -0.25) is 5.10 Å². The van der Waals surface area contributed by atoms with E-state index >= 15 is 0 Å². The minimum atomic E-state index is 0.645. The second-order valence-corrected chi connectivity index (χ2v) is 4.71. The summed E-state index contributed by atoms with van der Waals surface area (Å²) in [5, 5.41) is 8.07. The number of para-hydroxylation sites is 1. The standard InChI is InChI=1S/C14H12N2OS/c1-9-11(8-14(18)16-15-9)7-12-6-10-4-2-3-5-13(10)17-12/h2-6,8H,7H2,1H3,(H,16,18). The number of fused-ring (bicyclic) bond motifs is 1. The van der Waals surface area contributed by atoms with Crippen LogP contribution in [0.3, 0.4) is 0 Å². The first-order chi connectivity index (χ1) is 8.72. The first-order valence-corrected chi connectivity index (χ1v) is 6.16. The van der Waals surface area contributed by atoms with Crippen LogP contribution in [0.25, 0.3) is 11.0 Å². The van der Waals surface area contributed by atoms with Gasteiger partial charge >= 0.3 is 0 Å². The van der Waals surface area contributed by atoms with Gasteiger partial charge in [0.1, 0.15) is 16.0 Å². The van der Waals surface area contributed by atoms with Gasteiger partial charge in [-0.25, -0.2) is 0 Å². The van der Waals surface area contributed by atoms with Crippen molar-refractivity contribution >= 4 is 23.2 Å². The molecule has 0 aliphatic carbocycles. The lowest BCUT2D eigenvalue weighted by Crippen LogP contribution is -1.96. The Bertz CT molecular complexity index is 725. The first-order valence-electron chi connectivity index (χ1n) is 5.75. The maximum atomic E-state index is 5.79. The number of H-pyrrole nitrogens is 1. The third-order valence-electron chi connectivity index (χ3n) is 2.95. The Morgan fingerprint density at radius 1 is 1.28 bits per heavy atom. The Hall–Kier alpha value is -1.94. The van der Waals surface area contributed by atoms with E-state index < -0.39 is 0 Å². The number of aryl methyl sites for hydroxylation is 1. The molecule has 3 rings (SSSR count). The van der Waals surface area contributed by atoms with Crippen molar-refractivity contribution in [2.75, 3.05) is 0 Å². The summed E-state index contributed by atoms with van der Waals surface area (Å²) in [4.78, 5) is 0. The number of nitrogens with zero attached hydrogens (tertiary/aromatic N) is 1. The molecule has 0 amide bonds. The van der Waals surface area contributed by atoms with Crippen LogP contribution in [0.2, 0.25) is 0 Å². The molecule has 90 valence electrons. The Morgan fingerprint density at radius 2 is 2.11 bits per heavy atom. The number of benzene rings is 1. The van der Waals surface area contributed by atoms with Crippen LogP contribution in [0.15, 0.2) is 40.8 Å². The molecular weight excluding hydrogens is 244 g/mol. The lowest BCUT2D eigenvalue weighted by atomic mass is 10.1. The normalized spacial score (nSPS) is 10.9. The van der Waals surface area contributed by atoms with Crippen molar-refractivity contribution in [3.05, 3.63) is 58.1 Å². The molecule has 0 spiro atoms. The molecule has 0 bridgehead atoms. The predicted octanol–water partition coefficient (Wildman–Crippen LogP) is 3.78. The molecule has 0 atom stereocenters. The van der Waals surface area contributed by atoms with Crippen LogP contribution in [0.1, 0.15) is 17.0 Å². The fraction of sp³-hybridized carbons (Fsp3) is 0.143. The van der Waals surface area contributed by atoms with Crippen LogP contribution in [0.4, 0.5) is 0 Å². The molecule has 2 heterocycles. The number of rotatable bonds is 2. The van der Waals surface area contributed by atoms with Crippen LogP contribution in [-0.4, -0.2) is 10.2 Å². The maximum absolute atomic E-state index is 5.79. The highest BCUT2D eigenvalue weighted by Crippen LogP contribution is 2.21. The Balaban J connectivity index is 2.01. The summed E-state index contributed by atoms with van der Waals surface area (Å²) in [6.45, 7) is 1.96. The lowest BCUT2D eigenvalue weighted by molar-refractivity contribution is 0.561. The highest BCUT2D eigenvalue weighted by molar-refractivity contribution is 7.71. The van der Waals surface area contributed by atoms with Gasteiger partial charge in [-0.1, -0.05) is 30.4 Å². The number of nitrogens with one attached hydrogen (secondary N) is 1. The SMILES string of the molecule is Cc1n[nH]c(=S)cc1Cc1cc2ccccc2o1. The van der Waals surface area contributed by atoms with E-state index in [1.54, 1.807) is 0 Å². The maximum Gasteiger partial charge on any atom is 0.134 e. The summed E-state index contributed by atoms with van der Waals surface area (Å²) in [5.41, 5.74) is 2.96. The van der Waals surface area contributed by atoms with Gasteiger partial charge in [0.15, 0.2) is 0 Å². The van der Waals surface area contributed by atoms with E-state index in [1.807, 2.05) is 37.3 Å². The summed E-state index contributed by atoms with van der Waals surface area (Å²) < 4.78 is 6.44. The van der Waals surface area contributed by atoms with Gasteiger partial charge in [0.25, 0.3) is 0 Å². The summed E-state index contributed by atoms with van der Waals surface area (Å²) in [7, 11) is 0. The van der Waals surface area contributed by atoms with Gasteiger partial charge in [0.2, 0.25) is 0 Å². The van der Waals surface area contributed by atoms with E-state index in [-0.39, 0.29) is 0 Å². The molecule has 3 nitrogen and oxygen atoms in total. The van der Waals surface area contributed by atoms with Gasteiger partial charge < -0.3 is 4.42 Å². The van der Waals surface area contributed by atoms with Crippen LogP contribution in [-0.2, 0) is 6.42 Å². The zero-order chi connectivity index (χ0) is 12.5. The first kappa shape index (κ1) is 11.2. The highest BCUT2D eigenvalue weighted by Gasteiger charge is 2.06. The van der Waals surface area contributed by atoms with Crippen molar-refractivity contribution in [1.29, 1.82) is 0 Å². The van der Waals surface area contributed by atoms with Gasteiger partial charge in [0, 0.05) is 11.8 Å². The fourth-order valence-electron chi connectivity index (χ4n) is 2.00. The zero-order valence-corrected chi connectivity index (χ0v) is 10.8. The molecule has 0 aliphatic rings. The molecule has 0 saturated heterocycles. The van der Waals surface area contributed by atoms with Crippen molar-refractivity contribution in [3.8, 4) is 0 Å². The highest BCUT2D eigenvalue weighted by atomic mass is 32.1. The molecule has 18 heavy (non-hydrogen) atoms. The van der Waals surface area contributed by atoms with Crippen molar-refractivity contribution in [3.63, 3.8) is 0 Å². The summed E-state index contributed by atoms with van der Waals surface area (Å²) in [6.07, 6.45) is 0.714. The van der Waals surface area contributed by atoms with E-state index in [0.29, 0.717) is 11.1 Å². The summed E-state index contributed by atoms with van der Waals surface area (Å²) >= 11 is 5.09. The van der Waals surface area contributed by atoms with Crippen molar-refractivity contribution in [2.45, 2.75) is 13.3 Å². The van der Waals surface area contributed by atoms with Crippen molar-refractivity contribution < 1.29 is 4.42 Å². The predicted molar refractivity (Wildman–Crippen MR) is 73.2 cm³/mol. The second-order valence-electron chi connectivity index (χ2n) is 4.27. The smallest absolute Gasteiger partial charge is 0.134 e. The van der Waals surface area contributed by atoms with Gasteiger partial charge in [0.05, 0.1) is 5.69 Å². The molecule has 0 unspecified atom stereocenters. The molecule has 0 aliphatic heterocycles. The van der Waals surface area contributed by atoms with Crippen LogP contribution in [0.5, 0.6) is 0 Å². The Morgan fingerprint density at radius 3 is 2.94 bits per heavy atom. The quantitative estimate of drug-likeness (QED) is 0.709. The fourth-order valence-corrected chi connectivity index (χ4v) is 2.18.